The molecule has 8 nitrogen and oxygen atoms in total. The Morgan fingerprint density at radius 3 is 2.38 bits per heavy atom. The second-order valence-corrected chi connectivity index (χ2v) is 9.64. The Morgan fingerprint density at radius 2 is 1.78 bits per heavy atom. The van der Waals surface area contributed by atoms with Gasteiger partial charge in [-0.25, -0.2) is 12.8 Å². The van der Waals surface area contributed by atoms with Crippen molar-refractivity contribution in [2.24, 2.45) is 0 Å². The number of amides is 2. The number of likely N-dealkylation sites (N-methyl/N-ethyl adjacent to an activating group) is 1. The highest BCUT2D eigenvalue weighted by molar-refractivity contribution is 7.98. The number of carbonyl (C=O) groups excluding carboxylic acids is 2. The van der Waals surface area contributed by atoms with Crippen LogP contribution in [0, 0.1) is 5.82 Å². The third kappa shape index (κ3) is 7.50. The number of rotatable bonds is 11. The Bertz CT molecular complexity index is 1030. The number of ether oxygens (including phenoxy) is 1. The van der Waals surface area contributed by atoms with Crippen LogP contribution in [0.3, 0.4) is 0 Å². The lowest BCUT2D eigenvalue weighted by atomic mass is 10.2. The van der Waals surface area contributed by atoms with Crippen molar-refractivity contribution in [3.05, 3.63) is 54.3 Å². The van der Waals surface area contributed by atoms with Crippen molar-refractivity contribution in [2.45, 2.75) is 17.4 Å². The van der Waals surface area contributed by atoms with Gasteiger partial charge in [0.15, 0.2) is 6.61 Å². The molecule has 174 valence electrons. The fourth-order valence-electron chi connectivity index (χ4n) is 2.53. The van der Waals surface area contributed by atoms with Gasteiger partial charge in [0.2, 0.25) is 15.9 Å². The summed E-state index contributed by atoms with van der Waals surface area (Å²) in [4.78, 5) is 25.2. The van der Waals surface area contributed by atoms with E-state index in [0.29, 0.717) is 17.2 Å². The van der Waals surface area contributed by atoms with E-state index >= 15 is 0 Å². The summed E-state index contributed by atoms with van der Waals surface area (Å²) in [7, 11) is -0.992. The number of sulfonamides is 1. The first-order valence-electron chi connectivity index (χ1n) is 9.63. The monoisotopic (exact) mass is 483 g/mol. The molecule has 1 unspecified atom stereocenters. The molecular weight excluding hydrogens is 457 g/mol. The zero-order chi connectivity index (χ0) is 23.7. The van der Waals surface area contributed by atoms with Gasteiger partial charge in [-0.05, 0) is 54.8 Å². The van der Waals surface area contributed by atoms with Gasteiger partial charge in [-0.15, -0.1) is 0 Å². The molecule has 0 bridgehead atoms. The summed E-state index contributed by atoms with van der Waals surface area (Å²) >= 11 is 1.45. The molecule has 0 aliphatic heterocycles. The molecule has 0 aromatic heterocycles. The summed E-state index contributed by atoms with van der Waals surface area (Å²) < 4.78 is 46.9. The van der Waals surface area contributed by atoms with Crippen molar-refractivity contribution < 1.29 is 27.1 Å². The molecule has 2 N–H and O–H groups in total. The largest absolute Gasteiger partial charge is 0.484 e. The van der Waals surface area contributed by atoms with Crippen molar-refractivity contribution >= 4 is 39.3 Å². The minimum absolute atomic E-state index is 0.118. The average Bonchev–Trinajstić information content (AvgIpc) is 2.75. The number of anilines is 1. The highest BCUT2D eigenvalue weighted by Gasteiger charge is 2.27. The van der Waals surface area contributed by atoms with E-state index in [1.807, 2.05) is 6.26 Å². The number of hydrogen-bond donors (Lipinski definition) is 2. The van der Waals surface area contributed by atoms with E-state index in [0.717, 1.165) is 12.1 Å². The van der Waals surface area contributed by atoms with E-state index in [-0.39, 0.29) is 18.9 Å². The van der Waals surface area contributed by atoms with E-state index in [2.05, 4.69) is 10.0 Å². The predicted octanol–water partition coefficient (Wildman–Crippen LogP) is 2.33. The van der Waals surface area contributed by atoms with Gasteiger partial charge >= 0.3 is 0 Å². The van der Waals surface area contributed by atoms with Crippen molar-refractivity contribution in [3.63, 3.8) is 0 Å². The van der Waals surface area contributed by atoms with Gasteiger partial charge in [0.25, 0.3) is 5.91 Å². The normalized spacial score (nSPS) is 12.1. The standard InChI is InChI=1S/C21H26FN3O5S2/c1-25(2)20(26)14-30-16-10-8-15(9-11-16)23-21(27)18(12-13-31-3)24-32(28,29)19-7-5-4-6-17(19)22/h4-11,18,24H,12-14H2,1-3H3,(H,23,27). The molecule has 2 amide bonds. The second-order valence-electron chi connectivity index (χ2n) is 6.98. The molecular formula is C21H26FN3O5S2. The van der Waals surface area contributed by atoms with Gasteiger partial charge in [-0.1, -0.05) is 12.1 Å². The number of hydrogen-bond acceptors (Lipinski definition) is 6. The maximum absolute atomic E-state index is 14.0. The SMILES string of the molecule is CSCCC(NS(=O)(=O)c1ccccc1F)C(=O)Nc1ccc(OCC(=O)N(C)C)cc1. The van der Waals surface area contributed by atoms with Gasteiger partial charge in [-0.3, -0.25) is 9.59 Å². The van der Waals surface area contributed by atoms with Crippen LogP contribution in [0.1, 0.15) is 6.42 Å². The number of thioether (sulfide) groups is 1. The minimum Gasteiger partial charge on any atom is -0.484 e. The lowest BCUT2D eigenvalue weighted by Crippen LogP contribution is -2.44. The minimum atomic E-state index is -4.24. The third-order valence-electron chi connectivity index (χ3n) is 4.33. The molecule has 1 atom stereocenters. The van der Waals surface area contributed by atoms with Crippen LogP contribution >= 0.6 is 11.8 Å². The van der Waals surface area contributed by atoms with Gasteiger partial charge < -0.3 is 15.0 Å². The highest BCUT2D eigenvalue weighted by atomic mass is 32.2. The summed E-state index contributed by atoms with van der Waals surface area (Å²) in [6, 6.07) is 10.2. The predicted molar refractivity (Wildman–Crippen MR) is 123 cm³/mol. The molecule has 2 aromatic carbocycles. The van der Waals surface area contributed by atoms with Crippen molar-refractivity contribution in [2.75, 3.05) is 38.0 Å². The summed E-state index contributed by atoms with van der Waals surface area (Å²) in [5.41, 5.74) is 0.417. The Labute approximate surface area is 191 Å². The number of benzene rings is 2. The number of nitrogens with one attached hydrogen (secondary N) is 2. The molecule has 0 spiro atoms. The van der Waals surface area contributed by atoms with Crippen molar-refractivity contribution in [3.8, 4) is 5.75 Å². The van der Waals surface area contributed by atoms with E-state index < -0.39 is 32.7 Å². The van der Waals surface area contributed by atoms with Crippen LogP contribution < -0.4 is 14.8 Å². The van der Waals surface area contributed by atoms with Crippen LogP contribution in [0.5, 0.6) is 5.75 Å². The van der Waals surface area contributed by atoms with Gasteiger partial charge in [0.05, 0.1) is 0 Å². The smallest absolute Gasteiger partial charge is 0.259 e. The number of halogens is 1. The first-order valence-corrected chi connectivity index (χ1v) is 12.5. The van der Waals surface area contributed by atoms with Crippen LogP contribution in [0.2, 0.25) is 0 Å². The lowest BCUT2D eigenvalue weighted by Gasteiger charge is -2.18. The van der Waals surface area contributed by atoms with Crippen molar-refractivity contribution in [1.82, 2.24) is 9.62 Å². The molecule has 0 aliphatic rings. The number of nitrogens with zero attached hydrogens (tertiary/aromatic N) is 1. The molecule has 2 rings (SSSR count). The zero-order valence-corrected chi connectivity index (χ0v) is 19.6. The molecule has 2 aromatic rings. The first kappa shape index (κ1) is 25.6. The van der Waals surface area contributed by atoms with Crippen LogP contribution in [0.4, 0.5) is 10.1 Å². The fourth-order valence-corrected chi connectivity index (χ4v) is 4.31. The third-order valence-corrected chi connectivity index (χ3v) is 6.48. The Morgan fingerprint density at radius 1 is 1.12 bits per heavy atom. The lowest BCUT2D eigenvalue weighted by molar-refractivity contribution is -0.130. The maximum Gasteiger partial charge on any atom is 0.259 e. The van der Waals surface area contributed by atoms with Gasteiger partial charge in [0.1, 0.15) is 22.5 Å². The van der Waals surface area contributed by atoms with E-state index in [1.165, 1.54) is 28.8 Å². The fraction of sp³-hybridized carbons (Fsp3) is 0.333. The van der Waals surface area contributed by atoms with Gasteiger partial charge in [-0.2, -0.15) is 16.5 Å². The summed E-state index contributed by atoms with van der Waals surface area (Å²) in [6.07, 6.45) is 2.05. The molecule has 32 heavy (non-hydrogen) atoms. The van der Waals surface area contributed by atoms with E-state index in [4.69, 9.17) is 4.74 Å². The van der Waals surface area contributed by atoms with Crippen LogP contribution in [0.25, 0.3) is 0 Å². The second kappa shape index (κ2) is 11.8. The van der Waals surface area contributed by atoms with E-state index in [9.17, 15) is 22.4 Å². The summed E-state index contributed by atoms with van der Waals surface area (Å²) in [6.45, 7) is -0.118. The highest BCUT2D eigenvalue weighted by Crippen LogP contribution is 2.18. The summed E-state index contributed by atoms with van der Waals surface area (Å²) in [5.74, 6) is -0.703. The quantitative estimate of drug-likeness (QED) is 0.508. The molecule has 0 fully saturated rings. The molecule has 0 aliphatic carbocycles. The Balaban J connectivity index is 2.08. The van der Waals surface area contributed by atoms with Gasteiger partial charge in [0, 0.05) is 19.8 Å². The average molecular weight is 484 g/mol. The summed E-state index contributed by atoms with van der Waals surface area (Å²) in [5, 5.41) is 2.65. The molecule has 0 saturated heterocycles. The topological polar surface area (TPSA) is 105 Å². The Hall–Kier alpha value is -2.63. The zero-order valence-electron chi connectivity index (χ0n) is 18.0. The van der Waals surface area contributed by atoms with Crippen LogP contribution in [-0.4, -0.2) is 63.9 Å². The molecule has 0 radical (unpaired) electrons. The first-order chi connectivity index (χ1) is 15.1. The molecule has 11 heteroatoms. The molecule has 0 saturated carbocycles. The van der Waals surface area contributed by atoms with Crippen LogP contribution in [-0.2, 0) is 19.6 Å². The molecule has 0 heterocycles. The Kier molecular flexibility index (Phi) is 9.48. The van der Waals surface area contributed by atoms with Crippen LogP contribution in [0.15, 0.2) is 53.4 Å². The maximum atomic E-state index is 14.0. The van der Waals surface area contributed by atoms with Crippen molar-refractivity contribution in [1.29, 1.82) is 0 Å². The van der Waals surface area contributed by atoms with E-state index in [1.54, 1.807) is 38.4 Å². The number of carbonyl (C=O) groups is 2.